The smallest absolute Gasteiger partial charge is 0.475 e. The van der Waals surface area contributed by atoms with Crippen molar-refractivity contribution in [3.05, 3.63) is 29.8 Å². The van der Waals surface area contributed by atoms with Crippen molar-refractivity contribution in [1.29, 1.82) is 0 Å². The number of carbonyl (C=O) groups excluding carboxylic acids is 2. The van der Waals surface area contributed by atoms with E-state index in [4.69, 9.17) is 15.6 Å². The Morgan fingerprint density at radius 3 is 2.22 bits per heavy atom. The van der Waals surface area contributed by atoms with E-state index in [0.717, 1.165) is 50.9 Å². The van der Waals surface area contributed by atoms with Gasteiger partial charge < -0.3 is 26.0 Å². The number of para-hydroxylation sites is 1. The SMILES string of the molecule is CCC(=O)N1c2ccccc2[C@H](NC2CCC(C(=O)N3CC(N)C3)CC2)C[C@@H]1C.O=C(O)C(F)(F)F. The van der Waals surface area contributed by atoms with Crippen molar-refractivity contribution in [3.8, 4) is 0 Å². The monoisotopic (exact) mass is 512 g/mol. The van der Waals surface area contributed by atoms with E-state index in [-0.39, 0.29) is 30.0 Å². The Kier molecular flexibility index (Phi) is 8.99. The molecule has 2 aliphatic heterocycles. The van der Waals surface area contributed by atoms with Gasteiger partial charge in [0.2, 0.25) is 11.8 Å². The normalized spacial score (nSPS) is 26.3. The van der Waals surface area contributed by atoms with Crippen molar-refractivity contribution in [2.75, 3.05) is 18.0 Å². The van der Waals surface area contributed by atoms with Gasteiger partial charge >= 0.3 is 12.1 Å². The Bertz CT molecular complexity index is 943. The van der Waals surface area contributed by atoms with Gasteiger partial charge in [-0.3, -0.25) is 9.59 Å². The lowest BCUT2D eigenvalue weighted by Gasteiger charge is -2.43. The number of nitrogens with one attached hydrogen (secondary N) is 1. The number of rotatable bonds is 4. The van der Waals surface area contributed by atoms with Crippen molar-refractivity contribution in [2.45, 2.75) is 82.7 Å². The molecule has 1 aromatic carbocycles. The van der Waals surface area contributed by atoms with E-state index in [9.17, 15) is 22.8 Å². The molecular weight excluding hydrogens is 477 g/mol. The molecule has 4 rings (SSSR count). The number of fused-ring (bicyclic) bond motifs is 1. The van der Waals surface area contributed by atoms with Crippen LogP contribution in [0.5, 0.6) is 0 Å². The first-order chi connectivity index (χ1) is 16.9. The van der Waals surface area contributed by atoms with Crippen LogP contribution in [-0.2, 0) is 14.4 Å². The molecule has 1 aromatic rings. The van der Waals surface area contributed by atoms with Gasteiger partial charge in [0.25, 0.3) is 0 Å². The predicted molar refractivity (Wildman–Crippen MR) is 128 cm³/mol. The van der Waals surface area contributed by atoms with Crippen molar-refractivity contribution in [1.82, 2.24) is 10.2 Å². The fourth-order valence-electron chi connectivity index (χ4n) is 5.26. The number of hydrogen-bond acceptors (Lipinski definition) is 5. The predicted octanol–water partition coefficient (Wildman–Crippen LogP) is 3.21. The number of hydrogen-bond donors (Lipinski definition) is 3. The molecule has 0 bridgehead atoms. The number of aliphatic carboxylic acids is 1. The van der Waals surface area contributed by atoms with Gasteiger partial charge in [-0.25, -0.2) is 4.79 Å². The number of halogens is 3. The summed E-state index contributed by atoms with van der Waals surface area (Å²) in [5, 5.41) is 11.0. The first-order valence-corrected chi connectivity index (χ1v) is 12.4. The molecule has 2 amide bonds. The Hall–Kier alpha value is -2.66. The molecule has 1 aliphatic carbocycles. The number of amides is 2. The Balaban J connectivity index is 0.000000454. The van der Waals surface area contributed by atoms with E-state index < -0.39 is 12.1 Å². The first kappa shape index (κ1) is 27.9. The summed E-state index contributed by atoms with van der Waals surface area (Å²) in [5.74, 6) is -2.10. The number of carboxylic acid groups (broad SMARTS) is 1. The second kappa shape index (κ2) is 11.6. The first-order valence-electron chi connectivity index (χ1n) is 12.4. The van der Waals surface area contributed by atoms with Crippen LogP contribution in [0.15, 0.2) is 24.3 Å². The third kappa shape index (κ3) is 6.56. The number of carbonyl (C=O) groups is 3. The van der Waals surface area contributed by atoms with Crippen molar-refractivity contribution >= 4 is 23.5 Å². The van der Waals surface area contributed by atoms with E-state index >= 15 is 0 Å². The van der Waals surface area contributed by atoms with Crippen LogP contribution in [0.2, 0.25) is 0 Å². The van der Waals surface area contributed by atoms with Gasteiger partial charge in [0.1, 0.15) is 0 Å². The molecule has 0 radical (unpaired) electrons. The van der Waals surface area contributed by atoms with Crippen molar-refractivity contribution < 1.29 is 32.7 Å². The summed E-state index contributed by atoms with van der Waals surface area (Å²) in [4.78, 5) is 37.9. The lowest BCUT2D eigenvalue weighted by atomic mass is 9.83. The molecular formula is C25H35F3N4O4. The summed E-state index contributed by atoms with van der Waals surface area (Å²) in [6.45, 7) is 5.52. The molecule has 2 atom stereocenters. The molecule has 36 heavy (non-hydrogen) atoms. The summed E-state index contributed by atoms with van der Waals surface area (Å²) in [6.07, 6.45) is 0.325. The van der Waals surface area contributed by atoms with E-state index in [2.05, 4.69) is 30.4 Å². The van der Waals surface area contributed by atoms with Crippen LogP contribution in [0.1, 0.15) is 64.0 Å². The summed E-state index contributed by atoms with van der Waals surface area (Å²) in [5.41, 5.74) is 8.09. The zero-order chi connectivity index (χ0) is 26.6. The van der Waals surface area contributed by atoms with Gasteiger partial charge in [0.15, 0.2) is 0 Å². The van der Waals surface area contributed by atoms with Crippen LogP contribution in [-0.4, -0.2) is 65.2 Å². The summed E-state index contributed by atoms with van der Waals surface area (Å²) >= 11 is 0. The van der Waals surface area contributed by atoms with Crippen molar-refractivity contribution in [2.24, 2.45) is 11.7 Å². The molecule has 0 unspecified atom stereocenters. The van der Waals surface area contributed by atoms with Gasteiger partial charge in [-0.2, -0.15) is 13.2 Å². The molecule has 3 aliphatic rings. The number of carboxylic acids is 1. The topological polar surface area (TPSA) is 116 Å². The maximum absolute atomic E-state index is 12.6. The third-order valence-electron chi connectivity index (χ3n) is 7.14. The number of nitrogens with zero attached hydrogens (tertiary/aromatic N) is 2. The van der Waals surface area contributed by atoms with Gasteiger partial charge in [-0.15, -0.1) is 0 Å². The number of alkyl halides is 3. The summed E-state index contributed by atoms with van der Waals surface area (Å²) < 4.78 is 31.7. The Morgan fingerprint density at radius 2 is 1.69 bits per heavy atom. The molecule has 1 saturated carbocycles. The van der Waals surface area contributed by atoms with Crippen LogP contribution in [0.25, 0.3) is 0 Å². The number of anilines is 1. The molecule has 11 heteroatoms. The largest absolute Gasteiger partial charge is 0.490 e. The van der Waals surface area contributed by atoms with Crippen LogP contribution in [0.3, 0.4) is 0 Å². The highest BCUT2D eigenvalue weighted by molar-refractivity contribution is 5.95. The zero-order valence-electron chi connectivity index (χ0n) is 20.6. The highest BCUT2D eigenvalue weighted by atomic mass is 19.4. The molecule has 1 saturated heterocycles. The van der Waals surface area contributed by atoms with E-state index in [0.29, 0.717) is 18.4 Å². The third-order valence-corrected chi connectivity index (χ3v) is 7.14. The average molecular weight is 513 g/mol. The lowest BCUT2D eigenvalue weighted by Crippen LogP contribution is -2.59. The zero-order valence-corrected chi connectivity index (χ0v) is 20.6. The van der Waals surface area contributed by atoms with Gasteiger partial charge in [0, 0.05) is 55.3 Å². The standard InChI is InChI=1S/C23H34N4O2.C2HF3O2/c1-3-22(28)27-15(2)12-20(19-6-4-5-7-21(19)27)25-18-10-8-16(9-11-18)23(29)26-13-17(24)14-26;3-2(4,5)1(6)7/h4-7,15-18,20,25H,3,8-14,24H2,1-2H3;(H,6,7)/t15-,16?,18?,20+;/m0./s1. The number of nitrogens with two attached hydrogens (primary N) is 1. The highest BCUT2D eigenvalue weighted by Gasteiger charge is 2.39. The van der Waals surface area contributed by atoms with Crippen LogP contribution < -0.4 is 16.0 Å². The molecule has 2 fully saturated rings. The highest BCUT2D eigenvalue weighted by Crippen LogP contribution is 2.39. The van der Waals surface area contributed by atoms with Gasteiger partial charge in [-0.1, -0.05) is 25.1 Å². The van der Waals surface area contributed by atoms with Gasteiger partial charge in [0.05, 0.1) is 0 Å². The summed E-state index contributed by atoms with van der Waals surface area (Å²) in [6, 6.07) is 9.34. The number of benzene rings is 1. The molecule has 8 nitrogen and oxygen atoms in total. The molecule has 4 N–H and O–H groups in total. The minimum Gasteiger partial charge on any atom is -0.475 e. The molecule has 200 valence electrons. The van der Waals surface area contributed by atoms with Crippen molar-refractivity contribution in [3.63, 3.8) is 0 Å². The van der Waals surface area contributed by atoms with Crippen LogP contribution in [0.4, 0.5) is 18.9 Å². The van der Waals surface area contributed by atoms with E-state index in [1.165, 1.54) is 5.56 Å². The maximum atomic E-state index is 12.6. The Labute approximate surface area is 209 Å². The Morgan fingerprint density at radius 1 is 1.11 bits per heavy atom. The summed E-state index contributed by atoms with van der Waals surface area (Å²) in [7, 11) is 0. The minimum atomic E-state index is -5.08. The molecule has 0 aromatic heterocycles. The fraction of sp³-hybridized carbons (Fsp3) is 0.640. The fourth-order valence-corrected chi connectivity index (χ4v) is 5.26. The van der Waals surface area contributed by atoms with E-state index in [1.807, 2.05) is 22.8 Å². The van der Waals surface area contributed by atoms with Crippen LogP contribution >= 0.6 is 0 Å². The number of likely N-dealkylation sites (tertiary alicyclic amines) is 1. The molecule has 2 heterocycles. The maximum Gasteiger partial charge on any atom is 0.490 e. The van der Waals surface area contributed by atoms with E-state index in [1.54, 1.807) is 0 Å². The minimum absolute atomic E-state index is 0.163. The lowest BCUT2D eigenvalue weighted by molar-refractivity contribution is -0.192. The van der Waals surface area contributed by atoms with Gasteiger partial charge in [-0.05, 0) is 50.7 Å². The molecule has 0 spiro atoms. The van der Waals surface area contributed by atoms with Crippen LogP contribution in [0, 0.1) is 5.92 Å². The quantitative estimate of drug-likeness (QED) is 0.571. The second-order valence-electron chi connectivity index (χ2n) is 9.83. The second-order valence-corrected chi connectivity index (χ2v) is 9.83. The average Bonchev–Trinajstić information content (AvgIpc) is 2.81.